The maximum Gasteiger partial charge on any atom is 0.399 e. The fourth-order valence-corrected chi connectivity index (χ4v) is 1.56. The number of aryl methyl sites for hydroxylation is 2. The molecule has 0 atom stereocenters. The molecule has 0 saturated heterocycles. The summed E-state index contributed by atoms with van der Waals surface area (Å²) in [6.45, 7) is 3.97. The molecule has 0 bridgehead atoms. The zero-order chi connectivity index (χ0) is 12.3. The smallest absolute Gasteiger partial charge is 0.399 e. The summed E-state index contributed by atoms with van der Waals surface area (Å²) in [5.74, 6) is 0.973. The SMILES string of the molecule is CCc1nc(C)ccc1Oc1nc(CCl)co1. The van der Waals surface area contributed by atoms with E-state index < -0.39 is 0 Å². The number of aromatic nitrogens is 2. The summed E-state index contributed by atoms with van der Waals surface area (Å²) in [6, 6.07) is 3.76. The molecular weight excluding hydrogens is 240 g/mol. The molecule has 90 valence electrons. The summed E-state index contributed by atoms with van der Waals surface area (Å²) in [4.78, 5) is 8.47. The number of alkyl halides is 1. The average molecular weight is 253 g/mol. The van der Waals surface area contributed by atoms with E-state index in [9.17, 15) is 0 Å². The molecule has 2 aromatic rings. The van der Waals surface area contributed by atoms with Gasteiger partial charge in [0.05, 0.1) is 17.3 Å². The van der Waals surface area contributed by atoms with Crippen molar-refractivity contribution in [3.63, 3.8) is 0 Å². The summed E-state index contributed by atoms with van der Waals surface area (Å²) >= 11 is 5.63. The molecule has 0 unspecified atom stereocenters. The summed E-state index contributed by atoms with van der Waals surface area (Å²) in [6.07, 6.45) is 2.47. The second kappa shape index (κ2) is 5.19. The van der Waals surface area contributed by atoms with Gasteiger partial charge in [-0.25, -0.2) is 0 Å². The highest BCUT2D eigenvalue weighted by atomic mass is 35.5. The second-order valence-corrected chi connectivity index (χ2v) is 3.86. The lowest BCUT2D eigenvalue weighted by Gasteiger charge is -2.06. The van der Waals surface area contributed by atoms with Gasteiger partial charge in [-0.05, 0) is 25.5 Å². The van der Waals surface area contributed by atoms with E-state index in [1.54, 1.807) is 0 Å². The predicted octanol–water partition coefficient (Wildman–Crippen LogP) is 3.47. The summed E-state index contributed by atoms with van der Waals surface area (Å²) in [7, 11) is 0. The fraction of sp³-hybridized carbons (Fsp3) is 0.333. The van der Waals surface area contributed by atoms with E-state index in [0.29, 0.717) is 17.3 Å². The third-order valence-electron chi connectivity index (χ3n) is 2.27. The highest BCUT2D eigenvalue weighted by Gasteiger charge is 2.09. The van der Waals surface area contributed by atoms with E-state index in [1.165, 1.54) is 6.26 Å². The molecule has 17 heavy (non-hydrogen) atoms. The Morgan fingerprint density at radius 3 is 2.82 bits per heavy atom. The van der Waals surface area contributed by atoms with Gasteiger partial charge < -0.3 is 9.15 Å². The van der Waals surface area contributed by atoms with E-state index >= 15 is 0 Å². The first-order valence-electron chi connectivity index (χ1n) is 5.37. The molecule has 2 rings (SSSR count). The molecular formula is C12H13ClN2O2. The zero-order valence-corrected chi connectivity index (χ0v) is 10.5. The van der Waals surface area contributed by atoms with Gasteiger partial charge in [0.25, 0.3) is 0 Å². The Bertz CT molecular complexity index is 511. The maximum atomic E-state index is 5.63. The van der Waals surface area contributed by atoms with Crippen LogP contribution in [0.1, 0.15) is 24.0 Å². The fourth-order valence-electron chi connectivity index (χ4n) is 1.43. The van der Waals surface area contributed by atoms with Crippen LogP contribution in [0.4, 0.5) is 0 Å². The van der Waals surface area contributed by atoms with Gasteiger partial charge in [0.1, 0.15) is 6.26 Å². The molecule has 0 N–H and O–H groups in total. The van der Waals surface area contributed by atoms with Gasteiger partial charge in [-0.1, -0.05) is 6.92 Å². The van der Waals surface area contributed by atoms with Crippen LogP contribution in [-0.2, 0) is 12.3 Å². The lowest BCUT2D eigenvalue weighted by Crippen LogP contribution is -1.95. The Kier molecular flexibility index (Phi) is 3.64. The largest absolute Gasteiger partial charge is 0.417 e. The number of hydrogen-bond donors (Lipinski definition) is 0. The van der Waals surface area contributed by atoms with Gasteiger partial charge in [0.15, 0.2) is 5.75 Å². The first-order chi connectivity index (χ1) is 8.22. The van der Waals surface area contributed by atoms with Crippen LogP contribution in [0.25, 0.3) is 0 Å². The van der Waals surface area contributed by atoms with E-state index in [0.717, 1.165) is 17.8 Å². The first kappa shape index (κ1) is 11.9. The van der Waals surface area contributed by atoms with Gasteiger partial charge in [0.2, 0.25) is 0 Å². The summed E-state index contributed by atoms with van der Waals surface area (Å²) in [5, 5.41) is 0. The summed E-state index contributed by atoms with van der Waals surface area (Å²) < 4.78 is 10.7. The normalized spacial score (nSPS) is 10.5. The van der Waals surface area contributed by atoms with Crippen molar-refractivity contribution in [1.82, 2.24) is 9.97 Å². The van der Waals surface area contributed by atoms with Crippen molar-refractivity contribution in [3.8, 4) is 11.8 Å². The quantitative estimate of drug-likeness (QED) is 0.782. The lowest BCUT2D eigenvalue weighted by atomic mass is 10.2. The van der Waals surface area contributed by atoms with Gasteiger partial charge in [-0.15, -0.1) is 11.6 Å². The average Bonchev–Trinajstić information content (AvgIpc) is 2.79. The van der Waals surface area contributed by atoms with E-state index in [1.807, 2.05) is 26.0 Å². The van der Waals surface area contributed by atoms with Crippen molar-refractivity contribution in [1.29, 1.82) is 0 Å². The van der Waals surface area contributed by atoms with Gasteiger partial charge in [0, 0.05) is 5.69 Å². The molecule has 0 fully saturated rings. The van der Waals surface area contributed by atoms with Crippen LogP contribution in [0.15, 0.2) is 22.8 Å². The topological polar surface area (TPSA) is 48.2 Å². The Morgan fingerprint density at radius 1 is 1.35 bits per heavy atom. The first-order valence-corrected chi connectivity index (χ1v) is 5.91. The number of rotatable bonds is 4. The van der Waals surface area contributed by atoms with E-state index in [2.05, 4.69) is 9.97 Å². The van der Waals surface area contributed by atoms with Crippen LogP contribution >= 0.6 is 11.6 Å². The van der Waals surface area contributed by atoms with Crippen LogP contribution in [0.5, 0.6) is 11.8 Å². The van der Waals surface area contributed by atoms with Crippen LogP contribution in [0.2, 0.25) is 0 Å². The van der Waals surface area contributed by atoms with Crippen LogP contribution in [0, 0.1) is 6.92 Å². The van der Waals surface area contributed by atoms with Gasteiger partial charge in [-0.2, -0.15) is 4.98 Å². The number of pyridine rings is 1. The van der Waals surface area contributed by atoms with Crippen molar-refractivity contribution >= 4 is 11.6 Å². The number of oxazole rings is 1. The highest BCUT2D eigenvalue weighted by Crippen LogP contribution is 2.24. The molecule has 0 radical (unpaired) electrons. The molecule has 0 aliphatic carbocycles. The Morgan fingerprint density at radius 2 is 2.18 bits per heavy atom. The molecule has 0 aliphatic rings. The highest BCUT2D eigenvalue weighted by molar-refractivity contribution is 6.16. The molecule has 2 heterocycles. The van der Waals surface area contributed by atoms with Crippen molar-refractivity contribution in [2.75, 3.05) is 0 Å². The molecule has 2 aromatic heterocycles. The molecule has 4 nitrogen and oxygen atoms in total. The number of ether oxygens (including phenoxy) is 1. The molecule has 0 amide bonds. The second-order valence-electron chi connectivity index (χ2n) is 3.59. The van der Waals surface area contributed by atoms with Crippen molar-refractivity contribution in [2.24, 2.45) is 0 Å². The van der Waals surface area contributed by atoms with Gasteiger partial charge >= 0.3 is 6.08 Å². The Balaban J connectivity index is 2.23. The standard InChI is InChI=1S/C12H13ClN2O2/c1-3-10-11(5-4-8(2)14-10)17-12-15-9(6-13)7-16-12/h4-5,7H,3,6H2,1-2H3. The summed E-state index contributed by atoms with van der Waals surface area (Å²) in [5.41, 5.74) is 2.50. The van der Waals surface area contributed by atoms with Crippen molar-refractivity contribution in [2.45, 2.75) is 26.1 Å². The monoisotopic (exact) mass is 252 g/mol. The Hall–Kier alpha value is -1.55. The number of halogens is 1. The third kappa shape index (κ3) is 2.77. The molecule has 0 saturated carbocycles. The van der Waals surface area contributed by atoms with Crippen molar-refractivity contribution < 1.29 is 9.15 Å². The Labute approximate surface area is 105 Å². The molecule has 0 spiro atoms. The predicted molar refractivity (Wildman–Crippen MR) is 64.5 cm³/mol. The zero-order valence-electron chi connectivity index (χ0n) is 9.74. The van der Waals surface area contributed by atoms with Crippen LogP contribution < -0.4 is 4.74 Å². The molecule has 0 aromatic carbocycles. The maximum absolute atomic E-state index is 5.63. The van der Waals surface area contributed by atoms with Crippen LogP contribution in [-0.4, -0.2) is 9.97 Å². The van der Waals surface area contributed by atoms with Gasteiger partial charge in [-0.3, -0.25) is 4.98 Å². The van der Waals surface area contributed by atoms with Crippen molar-refractivity contribution in [3.05, 3.63) is 35.5 Å². The van der Waals surface area contributed by atoms with Crippen LogP contribution in [0.3, 0.4) is 0 Å². The number of nitrogens with zero attached hydrogens (tertiary/aromatic N) is 2. The lowest BCUT2D eigenvalue weighted by molar-refractivity contribution is 0.327. The minimum Gasteiger partial charge on any atom is -0.417 e. The molecule has 5 heteroatoms. The minimum absolute atomic E-state index is 0.195. The minimum atomic E-state index is 0.195. The molecule has 0 aliphatic heterocycles. The van der Waals surface area contributed by atoms with E-state index in [4.69, 9.17) is 20.8 Å². The third-order valence-corrected chi connectivity index (χ3v) is 2.55. The number of hydrogen-bond acceptors (Lipinski definition) is 4. The van der Waals surface area contributed by atoms with E-state index in [-0.39, 0.29) is 6.08 Å².